The van der Waals surface area contributed by atoms with Crippen LogP contribution < -0.4 is 14.8 Å². The smallest absolute Gasteiger partial charge is 0.359 e. The van der Waals surface area contributed by atoms with Crippen LogP contribution in [0, 0.1) is 0 Å². The molecule has 3 heterocycles. The average Bonchev–Trinajstić information content (AvgIpc) is 3.48. The average molecular weight is 469 g/mol. The molecule has 1 unspecified atom stereocenters. The molecule has 180 valence electrons. The molecule has 1 atom stereocenters. The lowest BCUT2D eigenvalue weighted by Crippen LogP contribution is -2.64. The predicted molar refractivity (Wildman–Crippen MR) is 119 cm³/mol. The number of fused-ring (bicyclic) bond motifs is 2. The molecule has 1 fully saturated rings. The summed E-state index contributed by atoms with van der Waals surface area (Å²) in [6.45, 7) is 2.22. The molecular formula is C24H28N4O6. The third-order valence-corrected chi connectivity index (χ3v) is 6.95. The number of imidazole rings is 1. The van der Waals surface area contributed by atoms with Gasteiger partial charge in [-0.15, -0.1) is 0 Å². The fourth-order valence-corrected chi connectivity index (χ4v) is 4.99. The zero-order chi connectivity index (χ0) is 23.9. The molecule has 1 aromatic carbocycles. The highest BCUT2D eigenvalue weighted by atomic mass is 16.7. The van der Waals surface area contributed by atoms with Crippen LogP contribution in [0.5, 0.6) is 11.5 Å². The number of hydrogen-bond donors (Lipinski definition) is 1. The van der Waals surface area contributed by atoms with Crippen molar-refractivity contribution >= 4 is 17.8 Å². The van der Waals surface area contributed by atoms with E-state index in [9.17, 15) is 14.4 Å². The molecule has 5 rings (SSSR count). The van der Waals surface area contributed by atoms with E-state index in [1.807, 2.05) is 12.1 Å². The first kappa shape index (κ1) is 22.2. The van der Waals surface area contributed by atoms with E-state index in [-0.39, 0.29) is 43.2 Å². The fraction of sp³-hybridized carbons (Fsp3) is 0.500. The van der Waals surface area contributed by atoms with Crippen molar-refractivity contribution in [3.8, 4) is 11.5 Å². The maximum absolute atomic E-state index is 13.8. The van der Waals surface area contributed by atoms with Gasteiger partial charge in [-0.1, -0.05) is 25.3 Å². The summed E-state index contributed by atoms with van der Waals surface area (Å²) in [6, 6.07) is 5.53. The Hall–Kier alpha value is -3.56. The first-order valence-electron chi connectivity index (χ1n) is 11.6. The zero-order valence-corrected chi connectivity index (χ0v) is 19.3. The molecule has 2 aromatic rings. The van der Waals surface area contributed by atoms with Gasteiger partial charge in [0.05, 0.1) is 20.0 Å². The minimum Gasteiger partial charge on any atom is -0.464 e. The molecule has 34 heavy (non-hydrogen) atoms. The molecule has 10 nitrogen and oxygen atoms in total. The molecule has 10 heteroatoms. The molecule has 0 radical (unpaired) electrons. The van der Waals surface area contributed by atoms with Crippen LogP contribution in [0.3, 0.4) is 0 Å². The van der Waals surface area contributed by atoms with Crippen LogP contribution in [0.1, 0.15) is 65.6 Å². The topological polar surface area (TPSA) is 112 Å². The SMILES string of the molecule is COC(=O)c1ncn2c1C(=O)N(Cc1ccc3c(c1)OCO3)C(C)(C(=O)NC1CCCCC1)C2. The highest BCUT2D eigenvalue weighted by molar-refractivity contribution is 6.06. The molecule has 1 N–H and O–H groups in total. The standard InChI is InChI=1S/C24H28N4O6/c1-24(23(31)26-16-6-4-3-5-7-16)12-27-13-25-19(22(30)32-2)20(27)21(29)28(24)11-15-8-9-17-18(10-15)34-14-33-17/h8-10,13,16H,3-7,11-12,14H2,1-2H3,(H,26,31). The van der Waals surface area contributed by atoms with Crippen LogP contribution in [-0.2, 0) is 22.6 Å². The summed E-state index contributed by atoms with van der Waals surface area (Å²) in [5.74, 6) is -0.135. The third-order valence-electron chi connectivity index (χ3n) is 6.95. The maximum atomic E-state index is 13.8. The van der Waals surface area contributed by atoms with Crippen LogP contribution in [0.15, 0.2) is 24.5 Å². The molecule has 3 aliphatic rings. The van der Waals surface area contributed by atoms with Gasteiger partial charge in [0.1, 0.15) is 11.2 Å². The Morgan fingerprint density at radius 1 is 1.21 bits per heavy atom. The van der Waals surface area contributed by atoms with Gasteiger partial charge in [-0.2, -0.15) is 0 Å². The summed E-state index contributed by atoms with van der Waals surface area (Å²) >= 11 is 0. The molecule has 0 bridgehead atoms. The Morgan fingerprint density at radius 2 is 1.97 bits per heavy atom. The highest BCUT2D eigenvalue weighted by Gasteiger charge is 2.49. The van der Waals surface area contributed by atoms with E-state index < -0.39 is 17.4 Å². The molecule has 1 aromatic heterocycles. The van der Waals surface area contributed by atoms with Crippen LogP contribution in [-0.4, -0.2) is 57.7 Å². The minimum absolute atomic E-state index is 0.0575. The molecule has 1 aliphatic carbocycles. The quantitative estimate of drug-likeness (QED) is 0.670. The summed E-state index contributed by atoms with van der Waals surface area (Å²) in [7, 11) is 1.24. The van der Waals surface area contributed by atoms with E-state index in [2.05, 4.69) is 10.3 Å². The van der Waals surface area contributed by atoms with Gasteiger partial charge in [-0.25, -0.2) is 9.78 Å². The van der Waals surface area contributed by atoms with Crippen molar-refractivity contribution in [2.45, 2.75) is 63.7 Å². The Morgan fingerprint density at radius 3 is 2.74 bits per heavy atom. The summed E-state index contributed by atoms with van der Waals surface area (Å²) in [5, 5.41) is 3.18. The lowest BCUT2D eigenvalue weighted by atomic mass is 9.90. The molecule has 1 saturated carbocycles. The number of aromatic nitrogens is 2. The predicted octanol–water partition coefficient (Wildman–Crippen LogP) is 2.26. The van der Waals surface area contributed by atoms with Crippen molar-refractivity contribution in [2.24, 2.45) is 0 Å². The third kappa shape index (κ3) is 3.76. The van der Waals surface area contributed by atoms with Crippen LogP contribution in [0.25, 0.3) is 0 Å². The van der Waals surface area contributed by atoms with Gasteiger partial charge in [-0.3, -0.25) is 9.59 Å². The summed E-state index contributed by atoms with van der Waals surface area (Å²) < 4.78 is 17.3. The van der Waals surface area contributed by atoms with Crippen molar-refractivity contribution in [2.75, 3.05) is 13.9 Å². The van der Waals surface area contributed by atoms with Crippen molar-refractivity contribution in [1.82, 2.24) is 19.8 Å². The van der Waals surface area contributed by atoms with E-state index in [1.54, 1.807) is 17.6 Å². The first-order chi connectivity index (χ1) is 16.4. The Bertz CT molecular complexity index is 1140. The Balaban J connectivity index is 1.51. The van der Waals surface area contributed by atoms with Crippen LogP contribution in [0.4, 0.5) is 0 Å². The number of carbonyl (C=O) groups is 3. The second-order valence-corrected chi connectivity index (χ2v) is 9.22. The molecule has 2 aliphatic heterocycles. The number of nitrogens with zero attached hydrogens (tertiary/aromatic N) is 3. The fourth-order valence-electron chi connectivity index (χ4n) is 4.99. The van der Waals surface area contributed by atoms with Gasteiger partial charge < -0.3 is 29.0 Å². The highest BCUT2D eigenvalue weighted by Crippen LogP contribution is 2.35. The largest absolute Gasteiger partial charge is 0.464 e. The summed E-state index contributed by atoms with van der Waals surface area (Å²) in [6.07, 6.45) is 6.61. The minimum atomic E-state index is -1.19. The summed E-state index contributed by atoms with van der Waals surface area (Å²) in [5.41, 5.74) is -0.346. The number of amides is 2. The van der Waals surface area contributed by atoms with Gasteiger partial charge in [0, 0.05) is 12.6 Å². The van der Waals surface area contributed by atoms with Gasteiger partial charge in [0.2, 0.25) is 12.7 Å². The van der Waals surface area contributed by atoms with E-state index in [0.717, 1.165) is 31.2 Å². The lowest BCUT2D eigenvalue weighted by Gasteiger charge is -2.44. The van der Waals surface area contributed by atoms with Crippen molar-refractivity contribution in [3.05, 3.63) is 41.5 Å². The van der Waals surface area contributed by atoms with Crippen LogP contribution in [0.2, 0.25) is 0 Å². The summed E-state index contributed by atoms with van der Waals surface area (Å²) in [4.78, 5) is 45.3. The van der Waals surface area contributed by atoms with Crippen molar-refractivity contribution < 1.29 is 28.6 Å². The number of carbonyl (C=O) groups excluding carboxylic acids is 3. The Kier molecular flexibility index (Phi) is 5.66. The maximum Gasteiger partial charge on any atom is 0.359 e. The van der Waals surface area contributed by atoms with Crippen LogP contribution >= 0.6 is 0 Å². The van der Waals surface area contributed by atoms with Crippen molar-refractivity contribution in [1.29, 1.82) is 0 Å². The monoisotopic (exact) mass is 468 g/mol. The van der Waals surface area contributed by atoms with Gasteiger partial charge in [-0.05, 0) is 37.5 Å². The molecule has 0 spiro atoms. The molecule has 0 saturated heterocycles. The van der Waals surface area contributed by atoms with E-state index in [0.29, 0.717) is 11.5 Å². The van der Waals surface area contributed by atoms with Crippen molar-refractivity contribution in [3.63, 3.8) is 0 Å². The second kappa shape index (κ2) is 8.66. The number of hydrogen-bond acceptors (Lipinski definition) is 7. The second-order valence-electron chi connectivity index (χ2n) is 9.22. The van der Waals surface area contributed by atoms with E-state index in [4.69, 9.17) is 14.2 Å². The first-order valence-corrected chi connectivity index (χ1v) is 11.6. The van der Waals surface area contributed by atoms with E-state index in [1.165, 1.54) is 24.8 Å². The normalized spacial score (nSPS) is 21.8. The van der Waals surface area contributed by atoms with Gasteiger partial charge >= 0.3 is 5.97 Å². The van der Waals surface area contributed by atoms with Gasteiger partial charge in [0.15, 0.2) is 17.2 Å². The number of methoxy groups -OCH3 is 1. The number of rotatable bonds is 5. The zero-order valence-electron chi connectivity index (χ0n) is 19.3. The molecular weight excluding hydrogens is 440 g/mol. The number of ether oxygens (including phenoxy) is 3. The number of benzene rings is 1. The molecule has 2 amide bonds. The number of esters is 1. The lowest BCUT2D eigenvalue weighted by molar-refractivity contribution is -0.134. The van der Waals surface area contributed by atoms with E-state index >= 15 is 0 Å². The Labute approximate surface area is 197 Å². The van der Waals surface area contributed by atoms with Gasteiger partial charge in [0.25, 0.3) is 5.91 Å². The number of nitrogens with one attached hydrogen (secondary N) is 1.